The van der Waals surface area contributed by atoms with Gasteiger partial charge < -0.3 is 15.2 Å². The number of rotatable bonds is 11. The minimum atomic E-state index is -1.34. The van der Waals surface area contributed by atoms with Crippen molar-refractivity contribution >= 4 is 29.2 Å². The van der Waals surface area contributed by atoms with Crippen molar-refractivity contribution in [3.63, 3.8) is 0 Å². The number of amides is 1. The third kappa shape index (κ3) is 7.48. The van der Waals surface area contributed by atoms with E-state index in [0.717, 1.165) is 15.9 Å². The zero-order valence-corrected chi connectivity index (χ0v) is 20.1. The Morgan fingerprint density at radius 3 is 2.59 bits per heavy atom. The van der Waals surface area contributed by atoms with Crippen molar-refractivity contribution < 1.29 is 28.6 Å². The molecule has 4 aromatic rings. The maximum Gasteiger partial charge on any atom is 0.408 e. The van der Waals surface area contributed by atoms with Gasteiger partial charge in [0.1, 0.15) is 30.0 Å². The predicted octanol–water partition coefficient (Wildman–Crippen LogP) is 2.87. The van der Waals surface area contributed by atoms with Crippen molar-refractivity contribution in [3.8, 4) is 11.3 Å². The molecule has 1 atom stereocenters. The molecular weight excluding hydrogens is 503 g/mol. The van der Waals surface area contributed by atoms with Crippen LogP contribution in [0.25, 0.3) is 11.3 Å². The predicted molar refractivity (Wildman–Crippen MR) is 129 cm³/mol. The van der Waals surface area contributed by atoms with E-state index >= 15 is 0 Å². The Hall–Kier alpha value is -4.52. The Kier molecular flexibility index (Phi) is 8.26. The van der Waals surface area contributed by atoms with Gasteiger partial charge in [0.2, 0.25) is 0 Å². The Morgan fingerprint density at radius 2 is 1.86 bits per heavy atom. The van der Waals surface area contributed by atoms with Gasteiger partial charge in [-0.25, -0.2) is 14.2 Å². The Bertz CT molecular complexity index is 1380. The zero-order chi connectivity index (χ0) is 26.2. The number of hydrogen-bond donors (Lipinski definition) is 2. The summed E-state index contributed by atoms with van der Waals surface area (Å²) in [5.74, 6) is -1.93. The van der Waals surface area contributed by atoms with Gasteiger partial charge in [0.05, 0.1) is 18.5 Å². The van der Waals surface area contributed by atoms with Crippen molar-refractivity contribution in [3.05, 3.63) is 82.2 Å². The van der Waals surface area contributed by atoms with Crippen LogP contribution in [0.2, 0.25) is 0 Å². The van der Waals surface area contributed by atoms with Crippen LogP contribution in [-0.4, -0.2) is 54.2 Å². The van der Waals surface area contributed by atoms with Gasteiger partial charge >= 0.3 is 12.1 Å². The molecule has 2 N–H and O–H groups in total. The maximum absolute atomic E-state index is 13.1. The Labute approximate surface area is 213 Å². The standard InChI is InChI=1S/C24H21FN6O5S/c25-17-8-6-16(7-9-17)19-14-37-22(26-19)11-21-28-30-31(29-21)12-20(32)18(10-23(33)34)27-24(35)36-13-15-4-2-1-3-5-15/h1-9,14,18H,10-13H2,(H,27,35)(H,33,34). The van der Waals surface area contributed by atoms with Crippen LogP contribution < -0.4 is 5.32 Å². The molecular formula is C24H21FN6O5S. The number of ether oxygens (including phenoxy) is 1. The number of halogens is 1. The first kappa shape index (κ1) is 25.6. The van der Waals surface area contributed by atoms with Gasteiger partial charge in [0, 0.05) is 10.9 Å². The lowest BCUT2D eigenvalue weighted by molar-refractivity contribution is -0.139. The van der Waals surface area contributed by atoms with E-state index in [4.69, 9.17) is 9.84 Å². The van der Waals surface area contributed by atoms with Crippen molar-refractivity contribution in [1.29, 1.82) is 0 Å². The van der Waals surface area contributed by atoms with E-state index in [-0.39, 0.29) is 18.8 Å². The van der Waals surface area contributed by atoms with E-state index in [1.54, 1.807) is 36.4 Å². The molecule has 1 amide bonds. The van der Waals surface area contributed by atoms with E-state index < -0.39 is 36.9 Å². The first-order chi connectivity index (χ1) is 17.9. The lowest BCUT2D eigenvalue weighted by Crippen LogP contribution is -2.44. The second kappa shape index (κ2) is 11.9. The molecule has 0 bridgehead atoms. The fourth-order valence-corrected chi connectivity index (χ4v) is 4.07. The molecule has 0 radical (unpaired) electrons. The number of hydrogen-bond acceptors (Lipinski definition) is 9. The number of Topliss-reactive ketones (excluding diaryl/α,β-unsaturated/α-hetero) is 1. The molecule has 2 aromatic carbocycles. The number of carbonyl (C=O) groups excluding carboxylic acids is 2. The van der Waals surface area contributed by atoms with Gasteiger partial charge in [0.25, 0.3) is 0 Å². The van der Waals surface area contributed by atoms with Crippen LogP contribution in [0.1, 0.15) is 22.8 Å². The number of aliphatic carboxylic acids is 1. The highest BCUT2D eigenvalue weighted by atomic mass is 32.1. The molecule has 0 aliphatic rings. The first-order valence-corrected chi connectivity index (χ1v) is 11.9. The van der Waals surface area contributed by atoms with Crippen molar-refractivity contribution in [2.45, 2.75) is 32.0 Å². The third-order valence-corrected chi connectivity index (χ3v) is 5.91. The first-order valence-electron chi connectivity index (χ1n) is 11.0. The zero-order valence-electron chi connectivity index (χ0n) is 19.3. The summed E-state index contributed by atoms with van der Waals surface area (Å²) in [5.41, 5.74) is 2.19. The molecule has 11 nitrogen and oxygen atoms in total. The quantitative estimate of drug-likeness (QED) is 0.302. The Balaban J connectivity index is 1.33. The number of alkyl carbamates (subject to hydrolysis) is 1. The number of carboxylic acids is 1. The van der Waals surface area contributed by atoms with E-state index in [0.29, 0.717) is 16.5 Å². The second-order valence-electron chi connectivity index (χ2n) is 7.87. The summed E-state index contributed by atoms with van der Waals surface area (Å²) < 4.78 is 18.2. The van der Waals surface area contributed by atoms with E-state index in [1.165, 1.54) is 23.5 Å². The molecule has 190 valence electrons. The summed E-state index contributed by atoms with van der Waals surface area (Å²) >= 11 is 1.37. The van der Waals surface area contributed by atoms with E-state index in [2.05, 4.69) is 25.7 Å². The van der Waals surface area contributed by atoms with Crippen molar-refractivity contribution in [2.75, 3.05) is 0 Å². The van der Waals surface area contributed by atoms with Gasteiger partial charge in [0.15, 0.2) is 11.6 Å². The third-order valence-electron chi connectivity index (χ3n) is 5.06. The molecule has 0 fully saturated rings. The summed E-state index contributed by atoms with van der Waals surface area (Å²) in [6.45, 7) is -0.434. The number of carbonyl (C=O) groups is 3. The summed E-state index contributed by atoms with van der Waals surface area (Å²) in [5, 5.41) is 25.9. The number of ketones is 1. The monoisotopic (exact) mass is 524 g/mol. The van der Waals surface area contributed by atoms with E-state index in [9.17, 15) is 18.8 Å². The summed E-state index contributed by atoms with van der Waals surface area (Å²) in [4.78, 5) is 41.6. The maximum atomic E-state index is 13.1. The molecule has 1 unspecified atom stereocenters. The van der Waals surface area contributed by atoms with Crippen molar-refractivity contribution in [1.82, 2.24) is 30.5 Å². The molecule has 37 heavy (non-hydrogen) atoms. The number of aromatic nitrogens is 5. The largest absolute Gasteiger partial charge is 0.481 e. The molecule has 2 aromatic heterocycles. The minimum Gasteiger partial charge on any atom is -0.481 e. The summed E-state index contributed by atoms with van der Waals surface area (Å²) in [6, 6.07) is 13.5. The number of carboxylic acid groups (broad SMARTS) is 1. The number of nitrogens with one attached hydrogen (secondary N) is 1. The van der Waals surface area contributed by atoms with Gasteiger partial charge in [-0.2, -0.15) is 4.80 Å². The van der Waals surface area contributed by atoms with Crippen molar-refractivity contribution in [2.24, 2.45) is 0 Å². The van der Waals surface area contributed by atoms with Crippen LogP contribution in [0.5, 0.6) is 0 Å². The number of benzene rings is 2. The molecule has 2 heterocycles. The molecule has 0 aliphatic carbocycles. The number of thiazole rings is 1. The van der Waals surface area contributed by atoms with E-state index in [1.807, 2.05) is 11.4 Å². The molecule has 4 rings (SSSR count). The van der Waals surface area contributed by atoms with Crippen LogP contribution in [0.15, 0.2) is 60.0 Å². The van der Waals surface area contributed by atoms with Crippen LogP contribution in [0.4, 0.5) is 9.18 Å². The van der Waals surface area contributed by atoms with Crippen LogP contribution >= 0.6 is 11.3 Å². The number of nitrogens with zero attached hydrogens (tertiary/aromatic N) is 5. The highest BCUT2D eigenvalue weighted by Crippen LogP contribution is 2.23. The highest BCUT2D eigenvalue weighted by Gasteiger charge is 2.25. The van der Waals surface area contributed by atoms with Gasteiger partial charge in [-0.05, 0) is 35.0 Å². The summed E-state index contributed by atoms with van der Waals surface area (Å²) in [6.07, 6.45) is -1.30. The second-order valence-corrected chi connectivity index (χ2v) is 8.81. The lowest BCUT2D eigenvalue weighted by Gasteiger charge is -2.15. The Morgan fingerprint density at radius 1 is 1.11 bits per heavy atom. The molecule has 0 saturated heterocycles. The molecule has 0 spiro atoms. The minimum absolute atomic E-state index is 0.0335. The van der Waals surface area contributed by atoms with Gasteiger partial charge in [-0.1, -0.05) is 30.3 Å². The van der Waals surface area contributed by atoms with Crippen LogP contribution in [0, 0.1) is 5.82 Å². The SMILES string of the molecule is O=C(O)CC(NC(=O)OCc1ccccc1)C(=O)Cn1nnc(Cc2nc(-c3ccc(F)cc3)cs2)n1. The average Bonchev–Trinajstić information content (AvgIpc) is 3.53. The lowest BCUT2D eigenvalue weighted by atomic mass is 10.1. The van der Waals surface area contributed by atoms with Crippen LogP contribution in [0.3, 0.4) is 0 Å². The molecule has 0 aliphatic heterocycles. The highest BCUT2D eigenvalue weighted by molar-refractivity contribution is 7.10. The van der Waals surface area contributed by atoms with Gasteiger partial charge in [-0.3, -0.25) is 9.59 Å². The fourth-order valence-electron chi connectivity index (χ4n) is 3.27. The molecule has 0 saturated carbocycles. The summed E-state index contributed by atoms with van der Waals surface area (Å²) in [7, 11) is 0. The smallest absolute Gasteiger partial charge is 0.408 e. The van der Waals surface area contributed by atoms with Gasteiger partial charge in [-0.15, -0.1) is 21.5 Å². The normalized spacial score (nSPS) is 11.6. The average molecular weight is 525 g/mol. The molecule has 13 heteroatoms. The number of tetrazole rings is 1. The van der Waals surface area contributed by atoms with Crippen LogP contribution in [-0.2, 0) is 33.9 Å². The fraction of sp³-hybridized carbons (Fsp3) is 0.208. The topological polar surface area (TPSA) is 149 Å².